The highest BCUT2D eigenvalue weighted by atomic mass is 16.5. The maximum absolute atomic E-state index is 11.8. The minimum Gasteiger partial charge on any atom is -0.505 e. The second kappa shape index (κ2) is 9.12. The number of ether oxygens (including phenoxy) is 2. The van der Waals surface area contributed by atoms with Crippen LogP contribution in [0.25, 0.3) is 0 Å². The van der Waals surface area contributed by atoms with Gasteiger partial charge in [-0.3, -0.25) is 4.79 Å². The summed E-state index contributed by atoms with van der Waals surface area (Å²) in [5.41, 5.74) is 9.44. The Labute approximate surface area is 201 Å². The van der Waals surface area contributed by atoms with E-state index < -0.39 is 12.0 Å². The zero-order valence-electron chi connectivity index (χ0n) is 20.6. The normalized spacial score (nSPS) is 19.9. The summed E-state index contributed by atoms with van der Waals surface area (Å²) >= 11 is 0. The first-order valence-electron chi connectivity index (χ1n) is 12.0. The molecule has 2 aliphatic rings. The summed E-state index contributed by atoms with van der Waals surface area (Å²) in [6.07, 6.45) is 1.38. The number of aromatic hydroxyl groups is 1. The molecule has 7 heteroatoms. The number of anilines is 1. The van der Waals surface area contributed by atoms with Crippen LogP contribution in [0.4, 0.5) is 5.69 Å². The molecule has 1 amide bonds. The van der Waals surface area contributed by atoms with E-state index in [2.05, 4.69) is 39.8 Å². The molecule has 2 aromatic carbocycles. The zero-order chi connectivity index (χ0) is 24.7. The Morgan fingerprint density at radius 2 is 1.74 bits per heavy atom. The average Bonchev–Trinajstić information content (AvgIpc) is 2.80. The third-order valence-corrected chi connectivity index (χ3v) is 7.37. The lowest BCUT2D eigenvalue weighted by Crippen LogP contribution is -2.36. The van der Waals surface area contributed by atoms with Crippen LogP contribution in [0.2, 0.25) is 0 Å². The lowest BCUT2D eigenvalue weighted by molar-refractivity contribution is 0.0995. The molecular formula is C27H36N2O5. The Kier molecular flexibility index (Phi) is 6.53. The summed E-state index contributed by atoms with van der Waals surface area (Å²) in [6.45, 7) is 11.2. The molecule has 4 N–H and O–H groups in total. The fourth-order valence-electron chi connectivity index (χ4n) is 5.05. The van der Waals surface area contributed by atoms with Crippen molar-refractivity contribution in [2.75, 3.05) is 37.8 Å². The molecule has 0 saturated carbocycles. The molecule has 1 aliphatic carbocycles. The lowest BCUT2D eigenvalue weighted by atomic mass is 9.63. The van der Waals surface area contributed by atoms with E-state index in [1.165, 1.54) is 17.2 Å². The van der Waals surface area contributed by atoms with Crippen molar-refractivity contribution in [3.05, 3.63) is 52.6 Å². The molecule has 2 aromatic rings. The van der Waals surface area contributed by atoms with E-state index in [-0.39, 0.29) is 28.7 Å². The average molecular weight is 469 g/mol. The van der Waals surface area contributed by atoms with Gasteiger partial charge in [-0.05, 0) is 52.5 Å². The van der Waals surface area contributed by atoms with Crippen LogP contribution in [0.1, 0.15) is 73.7 Å². The van der Waals surface area contributed by atoms with Crippen molar-refractivity contribution in [3.8, 4) is 11.5 Å². The molecule has 1 heterocycles. The fraction of sp³-hybridized carbons (Fsp3) is 0.519. The van der Waals surface area contributed by atoms with Gasteiger partial charge in [-0.15, -0.1) is 0 Å². The highest BCUT2D eigenvalue weighted by Crippen LogP contribution is 2.46. The number of hydrogen-bond acceptors (Lipinski definition) is 6. The van der Waals surface area contributed by atoms with Crippen molar-refractivity contribution >= 4 is 11.6 Å². The predicted octanol–water partition coefficient (Wildman–Crippen LogP) is 3.79. The summed E-state index contributed by atoms with van der Waals surface area (Å²) in [5.74, 6) is -0.528. The van der Waals surface area contributed by atoms with Gasteiger partial charge in [0, 0.05) is 13.1 Å². The molecule has 1 fully saturated rings. The summed E-state index contributed by atoms with van der Waals surface area (Å²) in [5, 5.41) is 21.8. The van der Waals surface area contributed by atoms with Gasteiger partial charge in [0.15, 0.2) is 5.75 Å². The van der Waals surface area contributed by atoms with E-state index >= 15 is 0 Å². The maximum atomic E-state index is 11.8. The third kappa shape index (κ3) is 4.59. The highest BCUT2D eigenvalue weighted by Gasteiger charge is 2.37. The van der Waals surface area contributed by atoms with E-state index in [0.29, 0.717) is 37.7 Å². The van der Waals surface area contributed by atoms with Crippen molar-refractivity contribution < 1.29 is 24.5 Å². The summed E-state index contributed by atoms with van der Waals surface area (Å²) in [6, 6.07) is 9.30. The van der Waals surface area contributed by atoms with Crippen LogP contribution in [0.3, 0.4) is 0 Å². The van der Waals surface area contributed by atoms with Crippen LogP contribution >= 0.6 is 0 Å². The van der Waals surface area contributed by atoms with Crippen molar-refractivity contribution in [1.29, 1.82) is 0 Å². The minimum absolute atomic E-state index is 0.00923. The van der Waals surface area contributed by atoms with Gasteiger partial charge in [0.05, 0.1) is 18.8 Å². The minimum atomic E-state index is -0.846. The zero-order valence-corrected chi connectivity index (χ0v) is 20.6. The first kappa shape index (κ1) is 24.4. The van der Waals surface area contributed by atoms with Crippen LogP contribution in [-0.2, 0) is 15.6 Å². The van der Waals surface area contributed by atoms with E-state index in [0.717, 1.165) is 18.4 Å². The van der Waals surface area contributed by atoms with Crippen LogP contribution in [0, 0.1) is 0 Å². The fourth-order valence-corrected chi connectivity index (χ4v) is 5.05. The van der Waals surface area contributed by atoms with Crippen molar-refractivity contribution in [1.82, 2.24) is 0 Å². The van der Waals surface area contributed by atoms with Crippen molar-refractivity contribution in [2.45, 2.75) is 57.5 Å². The lowest BCUT2D eigenvalue weighted by Gasteiger charge is -2.42. The van der Waals surface area contributed by atoms with Crippen molar-refractivity contribution in [3.63, 3.8) is 0 Å². The topological polar surface area (TPSA) is 105 Å². The number of morpholine rings is 1. The predicted molar refractivity (Wildman–Crippen MR) is 132 cm³/mol. The number of rotatable bonds is 6. The van der Waals surface area contributed by atoms with Gasteiger partial charge in [0.25, 0.3) is 5.91 Å². The Morgan fingerprint density at radius 1 is 1.09 bits per heavy atom. The Morgan fingerprint density at radius 3 is 2.38 bits per heavy atom. The number of phenols is 1. The number of carbonyl (C=O) groups excluding carboxylic acids is 1. The SMILES string of the molecule is CC1(C)CCC(C)(C)c2cc(C(O)COc3ccc(C(N)=O)c(O)c3N3CCOCC3)ccc21. The van der Waals surface area contributed by atoms with Crippen LogP contribution < -0.4 is 15.4 Å². The summed E-state index contributed by atoms with van der Waals surface area (Å²) in [7, 11) is 0. The number of nitrogens with zero attached hydrogens (tertiary/aromatic N) is 1. The number of hydrogen-bond donors (Lipinski definition) is 3. The second-order valence-corrected chi connectivity index (χ2v) is 10.7. The molecule has 184 valence electrons. The van der Waals surface area contributed by atoms with E-state index in [1.807, 2.05) is 11.0 Å². The highest BCUT2D eigenvalue weighted by molar-refractivity contribution is 5.98. The standard InChI is InChI=1S/C27H36N2O5/c1-26(2)9-10-27(3,4)20-15-17(5-7-19(20)26)21(30)16-34-22-8-6-18(25(28)32)24(31)23(22)29-11-13-33-14-12-29/h5-8,15,21,30-31H,9-14,16H2,1-4H3,(H2,28,32). The first-order chi connectivity index (χ1) is 16.0. The number of primary amides is 1. The third-order valence-electron chi connectivity index (χ3n) is 7.37. The molecule has 1 unspecified atom stereocenters. The summed E-state index contributed by atoms with van der Waals surface area (Å²) in [4.78, 5) is 13.7. The van der Waals surface area contributed by atoms with Gasteiger partial charge < -0.3 is 30.3 Å². The summed E-state index contributed by atoms with van der Waals surface area (Å²) < 4.78 is 11.4. The molecule has 0 bridgehead atoms. The van der Waals surface area contributed by atoms with Crippen molar-refractivity contribution in [2.24, 2.45) is 5.73 Å². The van der Waals surface area contributed by atoms with Crippen LogP contribution in [0.5, 0.6) is 11.5 Å². The van der Waals surface area contributed by atoms with E-state index in [4.69, 9.17) is 15.2 Å². The van der Waals surface area contributed by atoms with E-state index in [1.54, 1.807) is 6.07 Å². The largest absolute Gasteiger partial charge is 0.505 e. The van der Waals surface area contributed by atoms with Gasteiger partial charge in [-0.1, -0.05) is 45.9 Å². The smallest absolute Gasteiger partial charge is 0.252 e. The van der Waals surface area contributed by atoms with Gasteiger partial charge in [-0.2, -0.15) is 0 Å². The quantitative estimate of drug-likeness (QED) is 0.596. The van der Waals surface area contributed by atoms with Crippen LogP contribution in [-0.4, -0.2) is 49.0 Å². The number of fused-ring (bicyclic) bond motifs is 1. The van der Waals surface area contributed by atoms with E-state index in [9.17, 15) is 15.0 Å². The molecule has 1 atom stereocenters. The number of carbonyl (C=O) groups is 1. The first-order valence-corrected chi connectivity index (χ1v) is 12.0. The number of amides is 1. The molecule has 7 nitrogen and oxygen atoms in total. The Bertz CT molecular complexity index is 1070. The van der Waals surface area contributed by atoms with Gasteiger partial charge in [-0.25, -0.2) is 0 Å². The Balaban J connectivity index is 1.59. The molecule has 0 radical (unpaired) electrons. The Hall–Kier alpha value is -2.77. The maximum Gasteiger partial charge on any atom is 0.252 e. The molecule has 34 heavy (non-hydrogen) atoms. The van der Waals surface area contributed by atoms with Gasteiger partial charge in [0.2, 0.25) is 0 Å². The van der Waals surface area contributed by atoms with Crippen LogP contribution in [0.15, 0.2) is 30.3 Å². The molecule has 4 rings (SSSR count). The number of aliphatic hydroxyl groups excluding tert-OH is 1. The molecule has 1 aliphatic heterocycles. The number of nitrogens with two attached hydrogens (primary N) is 1. The molecular weight excluding hydrogens is 432 g/mol. The number of aliphatic hydroxyl groups is 1. The molecule has 0 aromatic heterocycles. The molecule has 1 saturated heterocycles. The van der Waals surface area contributed by atoms with Gasteiger partial charge in [0.1, 0.15) is 24.1 Å². The second-order valence-electron chi connectivity index (χ2n) is 10.7. The van der Waals surface area contributed by atoms with Gasteiger partial charge >= 0.3 is 0 Å². The monoisotopic (exact) mass is 468 g/mol. The molecule has 0 spiro atoms. The number of benzene rings is 2.